The van der Waals surface area contributed by atoms with Crippen molar-refractivity contribution in [2.75, 3.05) is 6.61 Å². The van der Waals surface area contributed by atoms with E-state index in [1.54, 1.807) is 19.2 Å². The Kier molecular flexibility index (Phi) is 4.28. The Morgan fingerprint density at radius 3 is 2.84 bits per heavy atom. The minimum Gasteiger partial charge on any atom is -0.461 e. The van der Waals surface area contributed by atoms with Crippen LogP contribution in [-0.4, -0.2) is 22.5 Å². The molecule has 100 valence electrons. The van der Waals surface area contributed by atoms with E-state index < -0.39 is 5.97 Å². The molecule has 0 bridgehead atoms. The number of pyridine rings is 1. The van der Waals surface area contributed by atoms with Gasteiger partial charge in [0, 0.05) is 12.6 Å². The van der Waals surface area contributed by atoms with E-state index in [9.17, 15) is 4.79 Å². The van der Waals surface area contributed by atoms with Crippen LogP contribution < -0.4 is 0 Å². The highest BCUT2D eigenvalue weighted by Gasteiger charge is 2.21. The summed E-state index contributed by atoms with van der Waals surface area (Å²) in [4.78, 5) is 20.2. The summed E-state index contributed by atoms with van der Waals surface area (Å²) in [5, 5.41) is 0. The highest BCUT2D eigenvalue weighted by atomic mass is 16.5. The Morgan fingerprint density at radius 1 is 1.37 bits per heavy atom. The number of esters is 1. The van der Waals surface area contributed by atoms with E-state index in [1.807, 2.05) is 19.1 Å². The van der Waals surface area contributed by atoms with Gasteiger partial charge in [0.05, 0.1) is 6.61 Å². The molecular weight excluding hydrogens is 244 g/mol. The number of aromatic nitrogens is 2. The SMILES string of the molecule is CCCc1oc(-c2ccccn2)nc1C(=O)OCC. The van der Waals surface area contributed by atoms with E-state index in [0.717, 1.165) is 6.42 Å². The van der Waals surface area contributed by atoms with Crippen LogP contribution >= 0.6 is 0 Å². The second-order valence-electron chi connectivity index (χ2n) is 3.98. The molecule has 0 N–H and O–H groups in total. The molecule has 5 heteroatoms. The lowest BCUT2D eigenvalue weighted by Gasteiger charge is -1.98. The molecule has 0 aromatic carbocycles. The van der Waals surface area contributed by atoms with Crippen LogP contribution in [-0.2, 0) is 11.2 Å². The summed E-state index contributed by atoms with van der Waals surface area (Å²) >= 11 is 0. The Morgan fingerprint density at radius 2 is 2.21 bits per heavy atom. The van der Waals surface area contributed by atoms with Gasteiger partial charge in [-0.3, -0.25) is 4.98 Å². The first kappa shape index (κ1) is 13.3. The number of carbonyl (C=O) groups excluding carboxylic acids is 1. The van der Waals surface area contributed by atoms with Gasteiger partial charge in [0.1, 0.15) is 11.5 Å². The summed E-state index contributed by atoms with van der Waals surface area (Å²) in [7, 11) is 0. The standard InChI is InChI=1S/C14H16N2O3/c1-3-7-11-12(14(17)18-4-2)16-13(19-11)10-8-5-6-9-15-10/h5-6,8-9H,3-4,7H2,1-2H3. The van der Waals surface area contributed by atoms with Crippen LogP contribution in [0, 0.1) is 0 Å². The molecule has 2 heterocycles. The highest BCUT2D eigenvalue weighted by Crippen LogP contribution is 2.21. The zero-order valence-electron chi connectivity index (χ0n) is 11.0. The van der Waals surface area contributed by atoms with Gasteiger partial charge in [-0.25, -0.2) is 9.78 Å². The van der Waals surface area contributed by atoms with Crippen LogP contribution in [0.1, 0.15) is 36.5 Å². The van der Waals surface area contributed by atoms with Gasteiger partial charge in [0.15, 0.2) is 5.69 Å². The lowest BCUT2D eigenvalue weighted by Crippen LogP contribution is -2.07. The van der Waals surface area contributed by atoms with Crippen molar-refractivity contribution in [1.29, 1.82) is 0 Å². The van der Waals surface area contributed by atoms with Crippen molar-refractivity contribution in [2.45, 2.75) is 26.7 Å². The number of nitrogens with zero attached hydrogens (tertiary/aromatic N) is 2. The van der Waals surface area contributed by atoms with Gasteiger partial charge < -0.3 is 9.15 Å². The fourth-order valence-electron chi connectivity index (χ4n) is 1.71. The second kappa shape index (κ2) is 6.13. The smallest absolute Gasteiger partial charge is 0.360 e. The first-order chi connectivity index (χ1) is 9.26. The van der Waals surface area contributed by atoms with E-state index in [1.165, 1.54) is 0 Å². The van der Waals surface area contributed by atoms with Crippen LogP contribution in [0.5, 0.6) is 0 Å². The third-order valence-corrected chi connectivity index (χ3v) is 2.53. The normalized spacial score (nSPS) is 10.4. The quantitative estimate of drug-likeness (QED) is 0.773. The van der Waals surface area contributed by atoms with Gasteiger partial charge in [0.25, 0.3) is 0 Å². The number of aryl methyl sites for hydroxylation is 1. The molecule has 19 heavy (non-hydrogen) atoms. The Hall–Kier alpha value is -2.17. The van der Waals surface area contributed by atoms with E-state index in [4.69, 9.17) is 9.15 Å². The van der Waals surface area contributed by atoms with Crippen LogP contribution in [0.2, 0.25) is 0 Å². The van der Waals surface area contributed by atoms with Crippen molar-refractivity contribution in [2.24, 2.45) is 0 Å². The largest absolute Gasteiger partial charge is 0.461 e. The number of hydrogen-bond donors (Lipinski definition) is 0. The molecule has 0 saturated heterocycles. The average Bonchev–Trinajstić information content (AvgIpc) is 2.85. The highest BCUT2D eigenvalue weighted by molar-refractivity contribution is 5.88. The number of ether oxygens (including phenoxy) is 1. The van der Waals surface area contributed by atoms with Crippen molar-refractivity contribution in [1.82, 2.24) is 9.97 Å². The summed E-state index contributed by atoms with van der Waals surface area (Å²) in [6, 6.07) is 5.44. The van der Waals surface area contributed by atoms with Gasteiger partial charge in [-0.15, -0.1) is 0 Å². The molecule has 0 saturated carbocycles. The third-order valence-electron chi connectivity index (χ3n) is 2.53. The maximum Gasteiger partial charge on any atom is 0.360 e. The maximum absolute atomic E-state index is 11.8. The zero-order valence-corrected chi connectivity index (χ0v) is 11.0. The van der Waals surface area contributed by atoms with Crippen molar-refractivity contribution >= 4 is 5.97 Å². The molecule has 0 aliphatic carbocycles. The maximum atomic E-state index is 11.8. The molecule has 2 aromatic rings. The van der Waals surface area contributed by atoms with Gasteiger partial charge in [-0.1, -0.05) is 13.0 Å². The number of hydrogen-bond acceptors (Lipinski definition) is 5. The molecule has 0 aliphatic rings. The molecule has 2 aromatic heterocycles. The number of oxazole rings is 1. The number of rotatable bonds is 5. The molecule has 0 fully saturated rings. The molecule has 0 amide bonds. The first-order valence-electron chi connectivity index (χ1n) is 6.34. The van der Waals surface area contributed by atoms with E-state index in [-0.39, 0.29) is 5.69 Å². The summed E-state index contributed by atoms with van der Waals surface area (Å²) in [6.45, 7) is 4.09. The zero-order chi connectivity index (χ0) is 13.7. The molecule has 0 radical (unpaired) electrons. The third kappa shape index (κ3) is 2.99. The van der Waals surface area contributed by atoms with Crippen LogP contribution in [0.4, 0.5) is 0 Å². The number of carbonyl (C=O) groups is 1. The Balaban J connectivity index is 2.37. The van der Waals surface area contributed by atoms with Crippen molar-refractivity contribution in [3.05, 3.63) is 35.9 Å². The van der Waals surface area contributed by atoms with Crippen LogP contribution in [0.15, 0.2) is 28.8 Å². The predicted molar refractivity (Wildman–Crippen MR) is 69.7 cm³/mol. The fraction of sp³-hybridized carbons (Fsp3) is 0.357. The molecule has 0 unspecified atom stereocenters. The molecule has 0 spiro atoms. The topological polar surface area (TPSA) is 65.2 Å². The van der Waals surface area contributed by atoms with Crippen LogP contribution in [0.3, 0.4) is 0 Å². The second-order valence-corrected chi connectivity index (χ2v) is 3.98. The van der Waals surface area contributed by atoms with Crippen LogP contribution in [0.25, 0.3) is 11.6 Å². The van der Waals surface area contributed by atoms with Crippen molar-refractivity contribution in [3.63, 3.8) is 0 Å². The first-order valence-corrected chi connectivity index (χ1v) is 6.34. The minimum atomic E-state index is -0.447. The Labute approximate surface area is 111 Å². The fourth-order valence-corrected chi connectivity index (χ4v) is 1.71. The molecular formula is C14H16N2O3. The molecule has 0 aliphatic heterocycles. The molecule has 0 atom stereocenters. The van der Waals surface area contributed by atoms with Crippen molar-refractivity contribution < 1.29 is 13.9 Å². The van der Waals surface area contributed by atoms with Crippen molar-refractivity contribution in [3.8, 4) is 11.6 Å². The summed E-state index contributed by atoms with van der Waals surface area (Å²) in [6.07, 6.45) is 3.17. The van der Waals surface area contributed by atoms with Gasteiger partial charge in [0.2, 0.25) is 5.89 Å². The monoisotopic (exact) mass is 260 g/mol. The van der Waals surface area contributed by atoms with E-state index >= 15 is 0 Å². The summed E-state index contributed by atoms with van der Waals surface area (Å²) in [5.41, 5.74) is 0.861. The molecule has 2 rings (SSSR count). The van der Waals surface area contributed by atoms with Gasteiger partial charge in [-0.2, -0.15) is 0 Å². The van der Waals surface area contributed by atoms with Gasteiger partial charge >= 0.3 is 5.97 Å². The lowest BCUT2D eigenvalue weighted by molar-refractivity contribution is 0.0517. The Bertz CT molecular complexity index is 549. The molecule has 5 nitrogen and oxygen atoms in total. The predicted octanol–water partition coefficient (Wildman–Crippen LogP) is 2.87. The summed E-state index contributed by atoms with van der Waals surface area (Å²) in [5.74, 6) is 0.464. The van der Waals surface area contributed by atoms with E-state index in [0.29, 0.717) is 30.4 Å². The lowest BCUT2D eigenvalue weighted by atomic mass is 10.2. The van der Waals surface area contributed by atoms with E-state index in [2.05, 4.69) is 9.97 Å². The average molecular weight is 260 g/mol. The van der Waals surface area contributed by atoms with Gasteiger partial charge in [-0.05, 0) is 25.5 Å². The summed E-state index contributed by atoms with van der Waals surface area (Å²) < 4.78 is 10.6. The minimum absolute atomic E-state index is 0.254.